The van der Waals surface area contributed by atoms with Crippen molar-refractivity contribution in [2.45, 2.75) is 12.6 Å². The summed E-state index contributed by atoms with van der Waals surface area (Å²) < 4.78 is 16.5. The van der Waals surface area contributed by atoms with Crippen LogP contribution in [0, 0.1) is 0 Å². The number of amides is 1. The van der Waals surface area contributed by atoms with E-state index in [4.69, 9.17) is 10.6 Å². The number of carbonyl (C=O) groups is 1. The van der Waals surface area contributed by atoms with Gasteiger partial charge in [-0.15, -0.1) is 0 Å². The van der Waals surface area contributed by atoms with E-state index >= 15 is 0 Å². The third-order valence-electron chi connectivity index (χ3n) is 1.35. The van der Waals surface area contributed by atoms with Gasteiger partial charge in [0.25, 0.3) is 5.91 Å². The Morgan fingerprint density at radius 3 is 3.00 bits per heavy atom. The molecule has 0 saturated carbocycles. The Labute approximate surface area is 57.7 Å². The first-order valence-electron chi connectivity index (χ1n) is 3.00. The average Bonchev–Trinajstić information content (AvgIpc) is 2.20. The number of hydrogen-bond acceptors (Lipinski definition) is 3. The molecule has 1 fully saturated rings. The number of hydrogen-bond donors (Lipinski definition) is 1. The van der Waals surface area contributed by atoms with Crippen LogP contribution >= 0.6 is 0 Å². The van der Waals surface area contributed by atoms with Crippen molar-refractivity contribution in [2.75, 3.05) is 13.3 Å². The van der Waals surface area contributed by atoms with Crippen LogP contribution in [0.15, 0.2) is 0 Å². The number of ether oxygens (including phenoxy) is 1. The van der Waals surface area contributed by atoms with E-state index in [1.807, 2.05) is 0 Å². The summed E-state index contributed by atoms with van der Waals surface area (Å²) in [5, 5.41) is 0.930. The molecule has 0 aliphatic carbocycles. The van der Waals surface area contributed by atoms with Gasteiger partial charge in [-0.05, 0) is 0 Å². The molecule has 1 aliphatic heterocycles. The highest BCUT2D eigenvalue weighted by Crippen LogP contribution is 2.09. The van der Waals surface area contributed by atoms with Crippen molar-refractivity contribution in [3.63, 3.8) is 0 Å². The van der Waals surface area contributed by atoms with E-state index < -0.39 is 12.9 Å². The fourth-order valence-electron chi connectivity index (χ4n) is 0.799. The second kappa shape index (κ2) is 2.94. The first-order chi connectivity index (χ1) is 4.75. The van der Waals surface area contributed by atoms with Gasteiger partial charge < -0.3 is 4.74 Å². The van der Waals surface area contributed by atoms with Gasteiger partial charge in [-0.25, -0.2) is 10.9 Å². The molecule has 1 rings (SSSR count). The molecule has 5 heteroatoms. The van der Waals surface area contributed by atoms with Gasteiger partial charge in [0.05, 0.1) is 6.67 Å². The van der Waals surface area contributed by atoms with Crippen LogP contribution in [0.5, 0.6) is 0 Å². The van der Waals surface area contributed by atoms with Gasteiger partial charge in [-0.1, -0.05) is 0 Å². The lowest BCUT2D eigenvalue weighted by Gasteiger charge is -2.14. The summed E-state index contributed by atoms with van der Waals surface area (Å²) in [5.41, 5.74) is 0. The van der Waals surface area contributed by atoms with E-state index in [9.17, 15) is 9.18 Å². The van der Waals surface area contributed by atoms with E-state index in [2.05, 4.69) is 0 Å². The molecule has 2 N–H and O–H groups in total. The molecule has 1 saturated heterocycles. The number of alkyl halides is 1. The lowest BCUT2D eigenvalue weighted by Crippen LogP contribution is -2.40. The smallest absolute Gasteiger partial charge is 0.264 e. The normalized spacial score (nSPS) is 26.0. The Morgan fingerprint density at radius 1 is 1.90 bits per heavy atom. The molecule has 1 heterocycles. The maximum absolute atomic E-state index is 11.7. The van der Waals surface area contributed by atoms with Crippen LogP contribution in [-0.4, -0.2) is 30.4 Å². The van der Waals surface area contributed by atoms with Crippen LogP contribution in [0.2, 0.25) is 0 Å². The first kappa shape index (κ1) is 7.43. The summed E-state index contributed by atoms with van der Waals surface area (Å²) in [4.78, 5) is 10.6. The second-order valence-corrected chi connectivity index (χ2v) is 2.04. The van der Waals surface area contributed by atoms with Crippen LogP contribution in [0.1, 0.15) is 6.42 Å². The quantitative estimate of drug-likeness (QED) is 0.420. The lowest BCUT2D eigenvalue weighted by molar-refractivity contribution is -0.128. The van der Waals surface area contributed by atoms with Crippen LogP contribution in [0.25, 0.3) is 0 Å². The molecule has 0 aromatic rings. The molecule has 10 heavy (non-hydrogen) atoms. The zero-order chi connectivity index (χ0) is 7.56. The van der Waals surface area contributed by atoms with Crippen molar-refractivity contribution in [1.82, 2.24) is 5.01 Å². The molecule has 0 aromatic heterocycles. The van der Waals surface area contributed by atoms with Crippen molar-refractivity contribution >= 4 is 5.91 Å². The van der Waals surface area contributed by atoms with Crippen LogP contribution in [0.4, 0.5) is 4.39 Å². The minimum absolute atomic E-state index is 0.0266. The molecule has 4 nitrogen and oxygen atoms in total. The predicted octanol–water partition coefficient (Wildman–Crippen LogP) is -0.595. The number of nitrogens with zero attached hydrogens (tertiary/aromatic N) is 1. The predicted molar refractivity (Wildman–Crippen MR) is 31.4 cm³/mol. The summed E-state index contributed by atoms with van der Waals surface area (Å²) >= 11 is 0. The van der Waals surface area contributed by atoms with Gasteiger partial charge in [0, 0.05) is 6.42 Å². The standard InChI is InChI=1S/C5H9FN2O2/c6-2-1-5-8(7)4(9)3-10-5/h5H,1-3,7H2. The van der Waals surface area contributed by atoms with Crippen LogP contribution in [0.3, 0.4) is 0 Å². The molecule has 58 valence electrons. The molecule has 1 atom stereocenters. The van der Waals surface area contributed by atoms with Gasteiger partial charge in [-0.3, -0.25) is 9.18 Å². The summed E-state index contributed by atoms with van der Waals surface area (Å²) in [5.74, 6) is 4.91. The molecular weight excluding hydrogens is 139 g/mol. The molecule has 0 aromatic carbocycles. The monoisotopic (exact) mass is 148 g/mol. The van der Waals surface area contributed by atoms with Crippen LogP contribution < -0.4 is 5.84 Å². The fraction of sp³-hybridized carbons (Fsp3) is 0.800. The van der Waals surface area contributed by atoms with Gasteiger partial charge in [0.2, 0.25) is 0 Å². The number of halogens is 1. The molecule has 0 bridgehead atoms. The van der Waals surface area contributed by atoms with E-state index in [0.29, 0.717) is 0 Å². The summed E-state index contributed by atoms with van der Waals surface area (Å²) in [6.07, 6.45) is -0.403. The maximum atomic E-state index is 11.7. The minimum atomic E-state index is -0.558. The highest BCUT2D eigenvalue weighted by molar-refractivity contribution is 5.78. The Hall–Kier alpha value is -0.680. The largest absolute Gasteiger partial charge is 0.347 e. The summed E-state index contributed by atoms with van der Waals surface area (Å²) in [6.45, 7) is -0.549. The third-order valence-corrected chi connectivity index (χ3v) is 1.35. The van der Waals surface area contributed by atoms with E-state index in [-0.39, 0.29) is 18.9 Å². The molecule has 1 unspecified atom stereocenters. The highest BCUT2D eigenvalue weighted by Gasteiger charge is 2.28. The van der Waals surface area contributed by atoms with Gasteiger partial charge >= 0.3 is 0 Å². The summed E-state index contributed by atoms with van der Waals surface area (Å²) in [7, 11) is 0. The second-order valence-electron chi connectivity index (χ2n) is 2.04. The van der Waals surface area contributed by atoms with E-state index in [1.165, 1.54) is 0 Å². The Kier molecular flexibility index (Phi) is 2.18. The van der Waals surface area contributed by atoms with Crippen LogP contribution in [-0.2, 0) is 9.53 Å². The third kappa shape index (κ3) is 1.25. The average molecular weight is 148 g/mol. The van der Waals surface area contributed by atoms with Crippen molar-refractivity contribution in [3.05, 3.63) is 0 Å². The van der Waals surface area contributed by atoms with Crippen molar-refractivity contribution < 1.29 is 13.9 Å². The van der Waals surface area contributed by atoms with Gasteiger partial charge in [-0.2, -0.15) is 0 Å². The zero-order valence-electron chi connectivity index (χ0n) is 5.42. The van der Waals surface area contributed by atoms with Gasteiger partial charge in [0.1, 0.15) is 12.8 Å². The number of nitrogens with two attached hydrogens (primary N) is 1. The number of hydrazine groups is 1. The Balaban J connectivity index is 2.41. The van der Waals surface area contributed by atoms with Gasteiger partial charge in [0.15, 0.2) is 0 Å². The maximum Gasteiger partial charge on any atom is 0.264 e. The van der Waals surface area contributed by atoms with Crippen molar-refractivity contribution in [3.8, 4) is 0 Å². The topological polar surface area (TPSA) is 55.6 Å². The first-order valence-corrected chi connectivity index (χ1v) is 3.00. The highest BCUT2D eigenvalue weighted by atomic mass is 19.1. The molecule has 0 radical (unpaired) electrons. The molecule has 1 aliphatic rings. The SMILES string of the molecule is NN1C(=O)COC1CCF. The zero-order valence-corrected chi connectivity index (χ0v) is 5.42. The lowest BCUT2D eigenvalue weighted by atomic mass is 10.4. The van der Waals surface area contributed by atoms with Crippen molar-refractivity contribution in [2.24, 2.45) is 5.84 Å². The summed E-state index contributed by atoms with van der Waals surface area (Å²) in [6, 6.07) is 0. The van der Waals surface area contributed by atoms with E-state index in [1.54, 1.807) is 0 Å². The molecular formula is C5H9FN2O2. The number of carbonyl (C=O) groups excluding carboxylic acids is 1. The number of rotatable bonds is 2. The Morgan fingerprint density at radius 2 is 2.60 bits per heavy atom. The minimum Gasteiger partial charge on any atom is -0.347 e. The van der Waals surface area contributed by atoms with E-state index in [0.717, 1.165) is 5.01 Å². The molecule has 1 amide bonds. The fourth-order valence-corrected chi connectivity index (χ4v) is 0.799. The molecule has 0 spiro atoms. The Bertz CT molecular complexity index is 142. The van der Waals surface area contributed by atoms with Crippen molar-refractivity contribution in [1.29, 1.82) is 0 Å².